The normalized spacial score (nSPS) is 11.9. The fourth-order valence-electron chi connectivity index (χ4n) is 3.26. The molecule has 30 heavy (non-hydrogen) atoms. The summed E-state index contributed by atoms with van der Waals surface area (Å²) in [5.41, 5.74) is 3.24. The van der Waals surface area contributed by atoms with Gasteiger partial charge in [-0.2, -0.15) is 15.2 Å². The van der Waals surface area contributed by atoms with E-state index in [2.05, 4.69) is 25.5 Å². The van der Waals surface area contributed by atoms with Crippen LogP contribution in [0.5, 0.6) is 0 Å². The van der Waals surface area contributed by atoms with Crippen molar-refractivity contribution in [3.8, 4) is 5.69 Å². The van der Waals surface area contributed by atoms with Gasteiger partial charge in [0.2, 0.25) is 5.95 Å². The Morgan fingerprint density at radius 3 is 2.47 bits per heavy atom. The summed E-state index contributed by atoms with van der Waals surface area (Å²) in [6.07, 6.45) is 6.40. The van der Waals surface area contributed by atoms with Crippen molar-refractivity contribution < 1.29 is 8.42 Å². The van der Waals surface area contributed by atoms with Crippen LogP contribution in [0.15, 0.2) is 66.0 Å². The number of rotatable bonds is 4. The molecular formula is C20H17N7O2S. The Morgan fingerprint density at radius 2 is 1.70 bits per heavy atom. The fourth-order valence-corrected chi connectivity index (χ4v) is 3.89. The maximum Gasteiger partial charge on any atom is 0.229 e. The Morgan fingerprint density at radius 1 is 0.933 bits per heavy atom. The Bertz CT molecular complexity index is 1500. The molecule has 0 saturated heterocycles. The van der Waals surface area contributed by atoms with Gasteiger partial charge in [-0.05, 0) is 42.5 Å². The molecule has 0 bridgehead atoms. The summed E-state index contributed by atoms with van der Waals surface area (Å²) in [7, 11) is -1.34. The lowest BCUT2D eigenvalue weighted by atomic mass is 10.2. The highest BCUT2D eigenvalue weighted by atomic mass is 32.2. The number of nitrogens with zero attached hydrogens (tertiary/aromatic N) is 6. The van der Waals surface area contributed by atoms with Crippen molar-refractivity contribution in [1.29, 1.82) is 0 Å². The molecule has 0 radical (unpaired) electrons. The van der Waals surface area contributed by atoms with Crippen molar-refractivity contribution in [3.05, 3.63) is 61.1 Å². The number of anilines is 2. The van der Waals surface area contributed by atoms with Crippen LogP contribution >= 0.6 is 0 Å². The van der Waals surface area contributed by atoms with Gasteiger partial charge in [-0.25, -0.2) is 18.1 Å². The van der Waals surface area contributed by atoms with Crippen LogP contribution in [0.2, 0.25) is 0 Å². The third kappa shape index (κ3) is 3.16. The van der Waals surface area contributed by atoms with Crippen LogP contribution in [0, 0.1) is 0 Å². The molecule has 0 aliphatic rings. The maximum atomic E-state index is 11.6. The van der Waals surface area contributed by atoms with Gasteiger partial charge in [0, 0.05) is 30.6 Å². The molecule has 10 heteroatoms. The second-order valence-electron chi connectivity index (χ2n) is 6.96. The van der Waals surface area contributed by atoms with Crippen LogP contribution in [0.25, 0.3) is 27.6 Å². The maximum absolute atomic E-state index is 11.6. The van der Waals surface area contributed by atoms with Gasteiger partial charge in [0.05, 0.1) is 33.9 Å². The molecule has 0 aliphatic carbocycles. The number of hydrogen-bond donors (Lipinski definition) is 1. The van der Waals surface area contributed by atoms with Crippen molar-refractivity contribution >= 4 is 43.4 Å². The molecule has 1 N–H and O–H groups in total. The van der Waals surface area contributed by atoms with Crippen LogP contribution in [0.1, 0.15) is 0 Å². The molecule has 3 heterocycles. The molecule has 0 unspecified atom stereocenters. The highest BCUT2D eigenvalue weighted by molar-refractivity contribution is 7.90. The smallest absolute Gasteiger partial charge is 0.229 e. The zero-order chi connectivity index (χ0) is 20.9. The van der Waals surface area contributed by atoms with E-state index in [4.69, 9.17) is 0 Å². The molecule has 5 aromatic rings. The molecule has 5 rings (SSSR count). The van der Waals surface area contributed by atoms with Gasteiger partial charge in [0.15, 0.2) is 15.5 Å². The molecule has 0 atom stereocenters. The van der Waals surface area contributed by atoms with Crippen molar-refractivity contribution in [2.45, 2.75) is 4.90 Å². The van der Waals surface area contributed by atoms with Crippen molar-refractivity contribution in [2.24, 2.45) is 7.05 Å². The third-order valence-corrected chi connectivity index (χ3v) is 5.95. The predicted molar refractivity (Wildman–Crippen MR) is 114 cm³/mol. The second-order valence-corrected chi connectivity index (χ2v) is 8.98. The van der Waals surface area contributed by atoms with E-state index in [9.17, 15) is 8.42 Å². The largest absolute Gasteiger partial charge is 0.324 e. The molecule has 9 nitrogen and oxygen atoms in total. The standard InChI is InChI=1S/C20H17N7O2S/c1-26-18-8-5-16(9-13(18)11-22-26)27-19-14(12-23-27)10-21-20(25-19)24-15-3-6-17(7-4-15)30(2,28)29/h3-12H,1-2H3,(H,21,24,25). The zero-order valence-electron chi connectivity index (χ0n) is 16.2. The number of benzene rings is 2. The van der Waals surface area contributed by atoms with E-state index in [1.165, 1.54) is 6.26 Å². The minimum Gasteiger partial charge on any atom is -0.324 e. The van der Waals surface area contributed by atoms with Gasteiger partial charge in [-0.15, -0.1) is 0 Å². The number of sulfone groups is 1. The van der Waals surface area contributed by atoms with E-state index in [0.29, 0.717) is 17.3 Å². The lowest BCUT2D eigenvalue weighted by Gasteiger charge is -2.07. The molecule has 0 amide bonds. The van der Waals surface area contributed by atoms with E-state index in [0.717, 1.165) is 22.0 Å². The Hall–Kier alpha value is -3.79. The number of aryl methyl sites for hydroxylation is 1. The van der Waals surface area contributed by atoms with Crippen LogP contribution in [0.3, 0.4) is 0 Å². The molecule has 0 aliphatic heterocycles. The van der Waals surface area contributed by atoms with E-state index < -0.39 is 9.84 Å². The average molecular weight is 419 g/mol. The first-order valence-electron chi connectivity index (χ1n) is 9.08. The highest BCUT2D eigenvalue weighted by Crippen LogP contribution is 2.23. The molecule has 2 aromatic carbocycles. The first-order valence-corrected chi connectivity index (χ1v) is 11.0. The van der Waals surface area contributed by atoms with Crippen molar-refractivity contribution in [3.63, 3.8) is 0 Å². The Labute approximate surface area is 171 Å². The summed E-state index contributed by atoms with van der Waals surface area (Å²) in [6.45, 7) is 0. The summed E-state index contributed by atoms with van der Waals surface area (Å²) < 4.78 is 26.8. The number of fused-ring (bicyclic) bond motifs is 2. The van der Waals surface area contributed by atoms with E-state index in [-0.39, 0.29) is 4.90 Å². The number of hydrogen-bond acceptors (Lipinski definition) is 7. The Balaban J connectivity index is 1.51. The van der Waals surface area contributed by atoms with Crippen LogP contribution in [-0.4, -0.2) is 44.2 Å². The minimum absolute atomic E-state index is 0.258. The number of aromatic nitrogens is 6. The first-order chi connectivity index (χ1) is 14.4. The van der Waals surface area contributed by atoms with E-state index in [1.54, 1.807) is 41.3 Å². The van der Waals surface area contributed by atoms with Gasteiger partial charge in [-0.1, -0.05) is 0 Å². The van der Waals surface area contributed by atoms with Crippen LogP contribution < -0.4 is 5.32 Å². The van der Waals surface area contributed by atoms with Crippen LogP contribution in [0.4, 0.5) is 11.6 Å². The van der Waals surface area contributed by atoms with Gasteiger partial charge < -0.3 is 5.32 Å². The van der Waals surface area contributed by atoms with Gasteiger partial charge >= 0.3 is 0 Å². The summed E-state index contributed by atoms with van der Waals surface area (Å²) in [4.78, 5) is 9.19. The predicted octanol–water partition coefficient (Wildman–Crippen LogP) is 2.85. The summed E-state index contributed by atoms with van der Waals surface area (Å²) in [5.74, 6) is 0.388. The average Bonchev–Trinajstić information content (AvgIpc) is 3.31. The molecule has 0 fully saturated rings. The van der Waals surface area contributed by atoms with Gasteiger partial charge in [0.1, 0.15) is 0 Å². The first kappa shape index (κ1) is 18.3. The lowest BCUT2D eigenvalue weighted by Crippen LogP contribution is -2.02. The van der Waals surface area contributed by atoms with Crippen LogP contribution in [-0.2, 0) is 16.9 Å². The quantitative estimate of drug-likeness (QED) is 0.477. The Kier molecular flexibility index (Phi) is 4.03. The summed E-state index contributed by atoms with van der Waals surface area (Å²) in [6, 6.07) is 12.4. The topological polar surface area (TPSA) is 108 Å². The third-order valence-electron chi connectivity index (χ3n) is 4.82. The molecule has 0 saturated carbocycles. The molecule has 3 aromatic heterocycles. The summed E-state index contributed by atoms with van der Waals surface area (Å²) in [5, 5.41) is 13.7. The number of nitrogens with one attached hydrogen (secondary N) is 1. The van der Waals surface area contributed by atoms with Gasteiger partial charge in [0.25, 0.3) is 0 Å². The second kappa shape index (κ2) is 6.63. The zero-order valence-corrected chi connectivity index (χ0v) is 17.0. The summed E-state index contributed by atoms with van der Waals surface area (Å²) >= 11 is 0. The van der Waals surface area contributed by atoms with Crippen molar-refractivity contribution in [2.75, 3.05) is 11.6 Å². The molecule has 150 valence electrons. The van der Waals surface area contributed by atoms with E-state index in [1.807, 2.05) is 36.1 Å². The lowest BCUT2D eigenvalue weighted by molar-refractivity contribution is 0.602. The van der Waals surface area contributed by atoms with Gasteiger partial charge in [-0.3, -0.25) is 4.68 Å². The molecule has 0 spiro atoms. The van der Waals surface area contributed by atoms with Crippen molar-refractivity contribution in [1.82, 2.24) is 29.5 Å². The van der Waals surface area contributed by atoms with E-state index >= 15 is 0 Å². The monoisotopic (exact) mass is 419 g/mol. The molecular weight excluding hydrogens is 402 g/mol. The SMILES string of the molecule is Cn1ncc2cc(-n3ncc4cnc(Nc5ccc(S(C)(=O)=O)cc5)nc43)ccc21. The minimum atomic E-state index is -3.24. The fraction of sp³-hybridized carbons (Fsp3) is 0.100. The highest BCUT2D eigenvalue weighted by Gasteiger charge is 2.11.